The van der Waals surface area contributed by atoms with Crippen LogP contribution in [-0.2, 0) is 10.0 Å². The molecule has 0 bridgehead atoms. The highest BCUT2D eigenvalue weighted by atomic mass is 79.9. The van der Waals surface area contributed by atoms with E-state index < -0.39 is 15.9 Å². The summed E-state index contributed by atoms with van der Waals surface area (Å²) in [5.41, 5.74) is 3.77. The molecule has 8 nitrogen and oxygen atoms in total. The van der Waals surface area contributed by atoms with Gasteiger partial charge in [-0.3, -0.25) is 9.52 Å². The standard InChI is InChI=1S/C21H17Br2N3O5S/c1-32(29,30)26-15-5-3-7-17(11-15)31-16-6-2-4-14(10-16)21(28)25-24-12-13-8-18(22)20(27)19(23)9-13/h2-12,26-27H,1H3,(H,25,28)/b24-12+. The molecule has 0 fully saturated rings. The van der Waals surface area contributed by atoms with Gasteiger partial charge in [-0.25, -0.2) is 13.8 Å². The normalized spacial score (nSPS) is 11.3. The zero-order chi connectivity index (χ0) is 23.3. The largest absolute Gasteiger partial charge is 0.506 e. The first kappa shape index (κ1) is 23.8. The van der Waals surface area contributed by atoms with Crippen LogP contribution >= 0.6 is 31.9 Å². The molecule has 0 aromatic heterocycles. The number of carbonyl (C=O) groups is 1. The number of amides is 1. The second-order valence-electron chi connectivity index (χ2n) is 6.56. The number of hydrogen-bond acceptors (Lipinski definition) is 6. The molecule has 0 aliphatic rings. The second-order valence-corrected chi connectivity index (χ2v) is 10.0. The van der Waals surface area contributed by atoms with E-state index in [1.165, 1.54) is 18.3 Å². The number of aromatic hydroxyl groups is 1. The van der Waals surface area contributed by atoms with Gasteiger partial charge in [0.05, 0.1) is 27.1 Å². The molecule has 3 aromatic carbocycles. The van der Waals surface area contributed by atoms with E-state index in [0.717, 1.165) is 6.26 Å². The van der Waals surface area contributed by atoms with Crippen molar-refractivity contribution in [1.29, 1.82) is 0 Å². The number of phenolic OH excluding ortho intramolecular Hbond substituents is 1. The zero-order valence-electron chi connectivity index (χ0n) is 16.5. The predicted molar refractivity (Wildman–Crippen MR) is 130 cm³/mol. The Morgan fingerprint density at radius 1 is 1.03 bits per heavy atom. The van der Waals surface area contributed by atoms with Gasteiger partial charge in [0.2, 0.25) is 10.0 Å². The Morgan fingerprint density at radius 2 is 1.66 bits per heavy atom. The minimum absolute atomic E-state index is 0.0700. The average molecular weight is 583 g/mol. The van der Waals surface area contributed by atoms with Gasteiger partial charge in [0.25, 0.3) is 5.91 Å². The van der Waals surface area contributed by atoms with Crippen LogP contribution in [0, 0.1) is 0 Å². The van der Waals surface area contributed by atoms with Gasteiger partial charge in [-0.1, -0.05) is 12.1 Å². The van der Waals surface area contributed by atoms with Crippen LogP contribution in [0.25, 0.3) is 0 Å². The van der Waals surface area contributed by atoms with Crippen molar-refractivity contribution < 1.29 is 23.1 Å². The van der Waals surface area contributed by atoms with E-state index >= 15 is 0 Å². The zero-order valence-corrected chi connectivity index (χ0v) is 20.5. The molecule has 1 amide bonds. The lowest BCUT2D eigenvalue weighted by molar-refractivity contribution is 0.0955. The molecule has 0 atom stereocenters. The molecule has 0 aliphatic heterocycles. The van der Waals surface area contributed by atoms with Crippen LogP contribution in [0.2, 0.25) is 0 Å². The number of halogens is 2. The van der Waals surface area contributed by atoms with Crippen molar-refractivity contribution in [2.45, 2.75) is 0 Å². The predicted octanol–water partition coefficient (Wildman–Crippen LogP) is 4.84. The fourth-order valence-corrected chi connectivity index (χ4v) is 4.34. The lowest BCUT2D eigenvalue weighted by Crippen LogP contribution is -2.17. The van der Waals surface area contributed by atoms with Crippen LogP contribution in [-0.4, -0.2) is 31.9 Å². The van der Waals surface area contributed by atoms with Crippen molar-refractivity contribution in [1.82, 2.24) is 5.43 Å². The summed E-state index contributed by atoms with van der Waals surface area (Å²) < 4.78 is 31.9. The Morgan fingerprint density at radius 3 is 2.31 bits per heavy atom. The maximum atomic E-state index is 12.4. The summed E-state index contributed by atoms with van der Waals surface area (Å²) in [6.45, 7) is 0. The maximum absolute atomic E-state index is 12.4. The highest BCUT2D eigenvalue weighted by molar-refractivity contribution is 9.11. The fourth-order valence-electron chi connectivity index (χ4n) is 2.56. The maximum Gasteiger partial charge on any atom is 0.271 e. The van der Waals surface area contributed by atoms with Gasteiger partial charge in [-0.15, -0.1) is 0 Å². The molecule has 11 heteroatoms. The van der Waals surface area contributed by atoms with Gasteiger partial charge in [-0.2, -0.15) is 5.10 Å². The molecular weight excluding hydrogens is 566 g/mol. The molecule has 0 spiro atoms. The summed E-state index contributed by atoms with van der Waals surface area (Å²) >= 11 is 6.46. The van der Waals surface area contributed by atoms with Crippen LogP contribution in [0.4, 0.5) is 5.69 Å². The minimum atomic E-state index is -3.41. The monoisotopic (exact) mass is 581 g/mol. The van der Waals surface area contributed by atoms with Crippen LogP contribution in [0.1, 0.15) is 15.9 Å². The first-order valence-corrected chi connectivity index (χ1v) is 12.5. The van der Waals surface area contributed by atoms with Crippen molar-refractivity contribution in [3.8, 4) is 17.2 Å². The highest BCUT2D eigenvalue weighted by Gasteiger charge is 2.09. The van der Waals surface area contributed by atoms with E-state index in [9.17, 15) is 18.3 Å². The summed E-state index contributed by atoms with van der Waals surface area (Å²) in [4.78, 5) is 12.4. The molecular formula is C21H17Br2N3O5S. The van der Waals surface area contributed by atoms with Crippen molar-refractivity contribution in [2.24, 2.45) is 5.10 Å². The average Bonchev–Trinajstić information content (AvgIpc) is 2.71. The topological polar surface area (TPSA) is 117 Å². The molecule has 0 radical (unpaired) electrons. The molecule has 0 saturated carbocycles. The SMILES string of the molecule is CS(=O)(=O)Nc1cccc(Oc2cccc(C(=O)N/N=C/c3cc(Br)c(O)c(Br)c3)c2)c1. The Bertz CT molecular complexity index is 1270. The number of benzene rings is 3. The molecule has 3 N–H and O–H groups in total. The summed E-state index contributed by atoms with van der Waals surface area (Å²) in [6, 6.07) is 16.2. The summed E-state index contributed by atoms with van der Waals surface area (Å²) in [5.74, 6) is 0.416. The van der Waals surface area contributed by atoms with Gasteiger partial charge < -0.3 is 9.84 Å². The second kappa shape index (κ2) is 10.2. The number of sulfonamides is 1. The smallest absolute Gasteiger partial charge is 0.271 e. The lowest BCUT2D eigenvalue weighted by Gasteiger charge is -2.09. The third kappa shape index (κ3) is 6.81. The van der Waals surface area contributed by atoms with E-state index in [1.807, 2.05) is 0 Å². The summed E-state index contributed by atoms with van der Waals surface area (Å²) in [7, 11) is -3.41. The Balaban J connectivity index is 1.68. The van der Waals surface area contributed by atoms with E-state index in [1.54, 1.807) is 48.5 Å². The van der Waals surface area contributed by atoms with Crippen LogP contribution in [0.3, 0.4) is 0 Å². The van der Waals surface area contributed by atoms with E-state index in [-0.39, 0.29) is 5.75 Å². The van der Waals surface area contributed by atoms with Crippen LogP contribution < -0.4 is 14.9 Å². The highest BCUT2D eigenvalue weighted by Crippen LogP contribution is 2.32. The first-order chi connectivity index (χ1) is 15.1. The fraction of sp³-hybridized carbons (Fsp3) is 0.0476. The van der Waals surface area contributed by atoms with Crippen LogP contribution in [0.15, 0.2) is 74.7 Å². The molecule has 32 heavy (non-hydrogen) atoms. The van der Waals surface area contributed by atoms with Gasteiger partial charge >= 0.3 is 0 Å². The Hall–Kier alpha value is -2.89. The molecule has 0 unspecified atom stereocenters. The number of nitrogens with one attached hydrogen (secondary N) is 2. The number of anilines is 1. The molecule has 3 rings (SSSR count). The number of hydrogen-bond donors (Lipinski definition) is 3. The third-order valence-corrected chi connectivity index (χ3v) is 5.70. The number of nitrogens with zero attached hydrogens (tertiary/aromatic N) is 1. The van der Waals surface area contributed by atoms with E-state index in [2.05, 4.69) is 47.1 Å². The number of phenols is 1. The van der Waals surface area contributed by atoms with Gasteiger partial charge in [0, 0.05) is 11.6 Å². The Kier molecular flexibility index (Phi) is 7.54. The van der Waals surface area contributed by atoms with Gasteiger partial charge in [0.15, 0.2) is 0 Å². The molecule has 166 valence electrons. The molecule has 3 aromatic rings. The minimum Gasteiger partial charge on any atom is -0.506 e. The molecule has 0 aliphatic carbocycles. The van der Waals surface area contributed by atoms with Crippen molar-refractivity contribution in [2.75, 3.05) is 11.0 Å². The number of rotatable bonds is 7. The Labute approximate surface area is 201 Å². The number of ether oxygens (including phenoxy) is 1. The summed E-state index contributed by atoms with van der Waals surface area (Å²) in [6.07, 6.45) is 2.50. The van der Waals surface area contributed by atoms with E-state index in [4.69, 9.17) is 4.74 Å². The summed E-state index contributed by atoms with van der Waals surface area (Å²) in [5, 5.41) is 13.7. The van der Waals surface area contributed by atoms with Crippen molar-refractivity contribution in [3.63, 3.8) is 0 Å². The van der Waals surface area contributed by atoms with Gasteiger partial charge in [0.1, 0.15) is 17.2 Å². The van der Waals surface area contributed by atoms with Crippen LogP contribution in [0.5, 0.6) is 17.2 Å². The lowest BCUT2D eigenvalue weighted by atomic mass is 10.2. The molecule has 0 heterocycles. The van der Waals surface area contributed by atoms with E-state index in [0.29, 0.717) is 37.3 Å². The molecule has 0 saturated heterocycles. The quantitative estimate of drug-likeness (QED) is 0.272. The number of hydrazone groups is 1. The third-order valence-electron chi connectivity index (χ3n) is 3.89. The number of carbonyl (C=O) groups excluding carboxylic acids is 1. The van der Waals surface area contributed by atoms with Crippen molar-refractivity contribution >= 4 is 59.7 Å². The van der Waals surface area contributed by atoms with Crippen molar-refractivity contribution in [3.05, 3.63) is 80.7 Å². The van der Waals surface area contributed by atoms with Gasteiger partial charge in [-0.05, 0) is 79.9 Å². The first-order valence-electron chi connectivity index (χ1n) is 8.98.